The van der Waals surface area contributed by atoms with Gasteiger partial charge in [0.05, 0.1) is 25.3 Å². The first-order valence-corrected chi connectivity index (χ1v) is 8.03. The standard InChI is InChI=1S/C15H24N2O2S/c1-15(2,3)12-10-20-13(16-12)9-17-7-5-6-11(8-17)14(18)19-4/h10-11H,5-9H2,1-4H3. The number of esters is 1. The maximum atomic E-state index is 11.6. The molecule has 0 aliphatic carbocycles. The van der Waals surface area contributed by atoms with Crippen molar-refractivity contribution in [2.45, 2.75) is 45.6 Å². The fourth-order valence-corrected chi connectivity index (χ4v) is 3.54. The van der Waals surface area contributed by atoms with Crippen molar-refractivity contribution in [3.63, 3.8) is 0 Å². The molecule has 1 aliphatic heterocycles. The molecule has 4 nitrogen and oxygen atoms in total. The van der Waals surface area contributed by atoms with Gasteiger partial charge in [0.1, 0.15) is 5.01 Å². The summed E-state index contributed by atoms with van der Waals surface area (Å²) in [5.41, 5.74) is 1.25. The minimum Gasteiger partial charge on any atom is -0.469 e. The van der Waals surface area contributed by atoms with Gasteiger partial charge in [0.2, 0.25) is 0 Å². The molecule has 0 N–H and O–H groups in total. The summed E-state index contributed by atoms with van der Waals surface area (Å²) in [5, 5.41) is 3.29. The van der Waals surface area contributed by atoms with E-state index in [9.17, 15) is 4.79 Å². The van der Waals surface area contributed by atoms with Crippen LogP contribution in [0, 0.1) is 5.92 Å². The molecule has 0 radical (unpaired) electrons. The molecule has 0 saturated carbocycles. The second-order valence-electron chi connectivity index (χ2n) is 6.47. The number of ether oxygens (including phenoxy) is 1. The zero-order valence-electron chi connectivity index (χ0n) is 12.8. The van der Waals surface area contributed by atoms with Crippen molar-refractivity contribution in [3.05, 3.63) is 16.1 Å². The molecule has 2 heterocycles. The van der Waals surface area contributed by atoms with Gasteiger partial charge in [-0.1, -0.05) is 20.8 Å². The SMILES string of the molecule is COC(=O)C1CCCN(Cc2nc(C(C)(C)C)cs2)C1. The van der Waals surface area contributed by atoms with Gasteiger partial charge >= 0.3 is 5.97 Å². The highest BCUT2D eigenvalue weighted by Crippen LogP contribution is 2.26. The summed E-state index contributed by atoms with van der Waals surface area (Å²) in [6.07, 6.45) is 1.99. The maximum absolute atomic E-state index is 11.6. The van der Waals surface area contributed by atoms with Crippen molar-refractivity contribution in [2.75, 3.05) is 20.2 Å². The van der Waals surface area contributed by atoms with E-state index in [1.54, 1.807) is 11.3 Å². The van der Waals surface area contributed by atoms with Crippen LogP contribution in [0.4, 0.5) is 0 Å². The number of nitrogens with zero attached hydrogens (tertiary/aromatic N) is 2. The monoisotopic (exact) mass is 296 g/mol. The van der Waals surface area contributed by atoms with Crippen LogP contribution in [0.2, 0.25) is 0 Å². The van der Waals surface area contributed by atoms with Gasteiger partial charge in [0.15, 0.2) is 0 Å². The molecule has 0 spiro atoms. The van der Waals surface area contributed by atoms with Crippen molar-refractivity contribution in [3.8, 4) is 0 Å². The molecule has 1 fully saturated rings. The minimum atomic E-state index is -0.0794. The van der Waals surface area contributed by atoms with Crippen molar-refractivity contribution in [1.82, 2.24) is 9.88 Å². The van der Waals surface area contributed by atoms with E-state index in [0.29, 0.717) is 0 Å². The van der Waals surface area contributed by atoms with Crippen LogP contribution >= 0.6 is 11.3 Å². The first-order valence-electron chi connectivity index (χ1n) is 7.15. The molecule has 20 heavy (non-hydrogen) atoms. The van der Waals surface area contributed by atoms with Crippen LogP contribution in [-0.4, -0.2) is 36.1 Å². The molecule has 0 aromatic carbocycles. The summed E-state index contributed by atoms with van der Waals surface area (Å²) in [6.45, 7) is 9.21. The lowest BCUT2D eigenvalue weighted by atomic mass is 9.93. The molecule has 112 valence electrons. The molecule has 0 amide bonds. The van der Waals surface area contributed by atoms with Gasteiger partial charge in [-0.25, -0.2) is 4.98 Å². The van der Waals surface area contributed by atoms with Crippen molar-refractivity contribution in [1.29, 1.82) is 0 Å². The molecular formula is C15H24N2O2S. The number of thiazole rings is 1. The third kappa shape index (κ3) is 3.79. The second-order valence-corrected chi connectivity index (χ2v) is 7.42. The number of carbonyl (C=O) groups excluding carboxylic acids is 1. The Morgan fingerprint density at radius 3 is 2.90 bits per heavy atom. The van der Waals surface area contributed by atoms with Crippen molar-refractivity contribution < 1.29 is 9.53 Å². The first kappa shape index (κ1) is 15.4. The molecule has 5 heteroatoms. The minimum absolute atomic E-state index is 0.0239. The van der Waals surface area contributed by atoms with Crippen LogP contribution in [0.1, 0.15) is 44.3 Å². The lowest BCUT2D eigenvalue weighted by Crippen LogP contribution is -2.38. The third-order valence-electron chi connectivity index (χ3n) is 3.72. The van der Waals surface area contributed by atoms with Crippen molar-refractivity contribution >= 4 is 17.3 Å². The van der Waals surface area contributed by atoms with Gasteiger partial charge in [-0.15, -0.1) is 11.3 Å². The van der Waals surface area contributed by atoms with Gasteiger partial charge in [0, 0.05) is 17.3 Å². The van der Waals surface area contributed by atoms with Gasteiger partial charge in [-0.05, 0) is 19.4 Å². The molecule has 2 rings (SSSR count). The first-order chi connectivity index (χ1) is 9.40. The lowest BCUT2D eigenvalue weighted by Gasteiger charge is -2.30. The van der Waals surface area contributed by atoms with E-state index < -0.39 is 0 Å². The van der Waals surface area contributed by atoms with E-state index >= 15 is 0 Å². The van der Waals surface area contributed by atoms with Crippen LogP contribution in [0.15, 0.2) is 5.38 Å². The highest BCUT2D eigenvalue weighted by molar-refractivity contribution is 7.09. The molecular weight excluding hydrogens is 272 g/mol. The quantitative estimate of drug-likeness (QED) is 0.804. The lowest BCUT2D eigenvalue weighted by molar-refractivity contribution is -0.147. The van der Waals surface area contributed by atoms with Crippen LogP contribution in [-0.2, 0) is 21.5 Å². The number of piperidine rings is 1. The Hall–Kier alpha value is -0.940. The topological polar surface area (TPSA) is 42.4 Å². The van der Waals surface area contributed by atoms with Gasteiger partial charge in [-0.3, -0.25) is 9.69 Å². The molecule has 1 saturated heterocycles. The molecule has 1 unspecified atom stereocenters. The summed E-state index contributed by atoms with van der Waals surface area (Å²) in [7, 11) is 1.47. The Morgan fingerprint density at radius 1 is 1.55 bits per heavy atom. The molecule has 1 aromatic heterocycles. The fraction of sp³-hybridized carbons (Fsp3) is 0.733. The number of hydrogen-bond acceptors (Lipinski definition) is 5. The van der Waals surface area contributed by atoms with Crippen LogP contribution < -0.4 is 0 Å². The number of carbonyl (C=O) groups is 1. The molecule has 1 atom stereocenters. The highest BCUT2D eigenvalue weighted by atomic mass is 32.1. The normalized spacial score (nSPS) is 20.9. The summed E-state index contributed by atoms with van der Waals surface area (Å²) in [5.74, 6) is -0.0555. The van der Waals surface area contributed by atoms with Gasteiger partial charge in [-0.2, -0.15) is 0 Å². The number of methoxy groups -OCH3 is 1. The van der Waals surface area contributed by atoms with Crippen LogP contribution in [0.5, 0.6) is 0 Å². The maximum Gasteiger partial charge on any atom is 0.309 e. The Labute approximate surface area is 125 Å². The number of likely N-dealkylation sites (tertiary alicyclic amines) is 1. The van der Waals surface area contributed by atoms with Gasteiger partial charge < -0.3 is 4.74 Å². The Balaban J connectivity index is 1.96. The molecule has 1 aliphatic rings. The summed E-state index contributed by atoms with van der Waals surface area (Å²) in [6, 6.07) is 0. The zero-order chi connectivity index (χ0) is 14.8. The summed E-state index contributed by atoms with van der Waals surface area (Å²) in [4.78, 5) is 18.7. The fourth-order valence-electron chi connectivity index (χ4n) is 2.48. The number of aromatic nitrogens is 1. The van der Waals surface area contributed by atoms with E-state index in [2.05, 4.69) is 31.1 Å². The number of rotatable bonds is 3. The Bertz CT molecular complexity index is 465. The average Bonchev–Trinajstić information content (AvgIpc) is 2.86. The van der Waals surface area contributed by atoms with E-state index in [-0.39, 0.29) is 17.3 Å². The zero-order valence-corrected chi connectivity index (χ0v) is 13.6. The van der Waals surface area contributed by atoms with E-state index in [1.165, 1.54) is 7.11 Å². The van der Waals surface area contributed by atoms with Crippen LogP contribution in [0.25, 0.3) is 0 Å². The van der Waals surface area contributed by atoms with Crippen LogP contribution in [0.3, 0.4) is 0 Å². The Morgan fingerprint density at radius 2 is 2.30 bits per heavy atom. The molecule has 0 bridgehead atoms. The van der Waals surface area contributed by atoms with E-state index in [1.807, 2.05) is 0 Å². The predicted octanol–water partition coefficient (Wildman–Crippen LogP) is 2.83. The number of hydrogen-bond donors (Lipinski definition) is 0. The summed E-state index contributed by atoms with van der Waals surface area (Å²) >= 11 is 1.72. The van der Waals surface area contributed by atoms with E-state index in [4.69, 9.17) is 9.72 Å². The van der Waals surface area contributed by atoms with Gasteiger partial charge in [0.25, 0.3) is 0 Å². The Kier molecular flexibility index (Phi) is 4.81. The van der Waals surface area contributed by atoms with Crippen molar-refractivity contribution in [2.24, 2.45) is 5.92 Å². The predicted molar refractivity (Wildman–Crippen MR) is 80.8 cm³/mol. The smallest absolute Gasteiger partial charge is 0.309 e. The third-order valence-corrected chi connectivity index (χ3v) is 4.55. The molecule has 1 aromatic rings. The average molecular weight is 296 g/mol. The van der Waals surface area contributed by atoms with E-state index in [0.717, 1.165) is 43.2 Å². The summed E-state index contributed by atoms with van der Waals surface area (Å²) < 4.78 is 4.86. The second kappa shape index (κ2) is 6.22. The highest BCUT2D eigenvalue weighted by Gasteiger charge is 2.27. The largest absolute Gasteiger partial charge is 0.469 e.